The van der Waals surface area contributed by atoms with Crippen molar-refractivity contribution in [3.63, 3.8) is 0 Å². The molecule has 0 saturated carbocycles. The second kappa shape index (κ2) is 10.5. The summed E-state index contributed by atoms with van der Waals surface area (Å²) in [5.41, 5.74) is 0.636. The van der Waals surface area contributed by atoms with Crippen LogP contribution in [0.25, 0.3) is 0 Å². The summed E-state index contributed by atoms with van der Waals surface area (Å²) in [6.07, 6.45) is 0.802. The second-order valence-electron chi connectivity index (χ2n) is 3.75. The summed E-state index contributed by atoms with van der Waals surface area (Å²) >= 11 is 0. The first-order chi connectivity index (χ1) is 9.36. The molecule has 0 N–H and O–H groups in total. The van der Waals surface area contributed by atoms with Gasteiger partial charge in [-0.05, 0) is 24.3 Å². The highest BCUT2D eigenvalue weighted by Crippen LogP contribution is 2.10. The number of hydrogen-bond donors (Lipinski definition) is 0. The van der Waals surface area contributed by atoms with E-state index in [1.807, 2.05) is 0 Å². The molecule has 5 nitrogen and oxygen atoms in total. The molecule has 1 aromatic rings. The van der Waals surface area contributed by atoms with Crippen LogP contribution in [0.2, 0.25) is 0 Å². The Balaban J connectivity index is 1.96. The lowest BCUT2D eigenvalue weighted by Crippen LogP contribution is -2.12. The lowest BCUT2D eigenvalue weighted by molar-refractivity contribution is 0.0180. The van der Waals surface area contributed by atoms with E-state index >= 15 is 0 Å². The van der Waals surface area contributed by atoms with Crippen molar-refractivity contribution in [3.8, 4) is 5.75 Å². The minimum atomic E-state index is 0.471. The van der Waals surface area contributed by atoms with Gasteiger partial charge < -0.3 is 18.9 Å². The Hall–Kier alpha value is -1.43. The number of benzene rings is 1. The smallest absolute Gasteiger partial charge is 0.150 e. The van der Waals surface area contributed by atoms with Gasteiger partial charge in [0.15, 0.2) is 0 Å². The van der Waals surface area contributed by atoms with Gasteiger partial charge in [0.25, 0.3) is 0 Å². The SMILES string of the molecule is COCCOCCOCCOc1ccc(C=O)cc1. The summed E-state index contributed by atoms with van der Waals surface area (Å²) in [7, 11) is 1.64. The number of hydrogen-bond acceptors (Lipinski definition) is 5. The Bertz CT molecular complexity index is 336. The number of aldehydes is 1. The molecule has 0 saturated heterocycles. The molecule has 0 spiro atoms. The van der Waals surface area contributed by atoms with Gasteiger partial charge in [-0.1, -0.05) is 0 Å². The van der Waals surface area contributed by atoms with Crippen molar-refractivity contribution in [2.75, 3.05) is 46.8 Å². The molecule has 0 fully saturated rings. The molecule has 0 radical (unpaired) electrons. The first-order valence-electron chi connectivity index (χ1n) is 6.19. The molecule has 1 rings (SSSR count). The molecule has 0 bridgehead atoms. The molecule has 0 unspecified atom stereocenters. The van der Waals surface area contributed by atoms with E-state index in [-0.39, 0.29) is 0 Å². The van der Waals surface area contributed by atoms with Gasteiger partial charge in [0.2, 0.25) is 0 Å². The third kappa shape index (κ3) is 7.56. The third-order valence-corrected chi connectivity index (χ3v) is 2.32. The summed E-state index contributed by atoms with van der Waals surface area (Å²) in [4.78, 5) is 10.5. The van der Waals surface area contributed by atoms with Gasteiger partial charge >= 0.3 is 0 Å². The van der Waals surface area contributed by atoms with Gasteiger partial charge in [-0.25, -0.2) is 0 Å². The van der Waals surface area contributed by atoms with E-state index in [2.05, 4.69) is 0 Å². The predicted octanol–water partition coefficient (Wildman–Crippen LogP) is 1.56. The average molecular weight is 268 g/mol. The van der Waals surface area contributed by atoms with Crippen molar-refractivity contribution in [3.05, 3.63) is 29.8 Å². The molecule has 0 atom stereocenters. The van der Waals surface area contributed by atoms with Gasteiger partial charge in [0.05, 0.1) is 33.0 Å². The lowest BCUT2D eigenvalue weighted by atomic mass is 10.2. The van der Waals surface area contributed by atoms with Crippen LogP contribution in [-0.4, -0.2) is 53.0 Å². The molecule has 106 valence electrons. The Labute approximate surface area is 113 Å². The Morgan fingerprint density at radius 1 is 0.895 bits per heavy atom. The van der Waals surface area contributed by atoms with Crippen molar-refractivity contribution in [1.29, 1.82) is 0 Å². The van der Waals surface area contributed by atoms with Crippen LogP contribution in [0.3, 0.4) is 0 Å². The fourth-order valence-corrected chi connectivity index (χ4v) is 1.33. The molecule has 0 aromatic heterocycles. The van der Waals surface area contributed by atoms with E-state index in [1.54, 1.807) is 31.4 Å². The highest BCUT2D eigenvalue weighted by Gasteiger charge is 1.95. The van der Waals surface area contributed by atoms with Gasteiger partial charge in [-0.3, -0.25) is 4.79 Å². The van der Waals surface area contributed by atoms with Crippen LogP contribution in [0.15, 0.2) is 24.3 Å². The number of rotatable bonds is 11. The third-order valence-electron chi connectivity index (χ3n) is 2.32. The highest BCUT2D eigenvalue weighted by atomic mass is 16.6. The summed E-state index contributed by atoms with van der Waals surface area (Å²) < 4.78 is 20.9. The second-order valence-corrected chi connectivity index (χ2v) is 3.75. The lowest BCUT2D eigenvalue weighted by Gasteiger charge is -2.07. The van der Waals surface area contributed by atoms with Gasteiger partial charge in [0.1, 0.15) is 18.6 Å². The maximum atomic E-state index is 10.5. The van der Waals surface area contributed by atoms with E-state index in [0.717, 1.165) is 12.0 Å². The minimum absolute atomic E-state index is 0.471. The number of methoxy groups -OCH3 is 1. The van der Waals surface area contributed by atoms with Crippen molar-refractivity contribution < 1.29 is 23.7 Å². The average Bonchev–Trinajstić information content (AvgIpc) is 2.46. The Kier molecular flexibility index (Phi) is 8.63. The molecule has 0 heterocycles. The summed E-state index contributed by atoms with van der Waals surface area (Å²) in [5.74, 6) is 0.727. The van der Waals surface area contributed by atoms with E-state index in [1.165, 1.54) is 0 Å². The summed E-state index contributed by atoms with van der Waals surface area (Å²) in [6, 6.07) is 6.95. The van der Waals surface area contributed by atoms with Crippen LogP contribution in [0.1, 0.15) is 10.4 Å². The van der Waals surface area contributed by atoms with Crippen molar-refractivity contribution in [2.24, 2.45) is 0 Å². The Morgan fingerprint density at radius 2 is 1.47 bits per heavy atom. The monoisotopic (exact) mass is 268 g/mol. The van der Waals surface area contributed by atoms with E-state index in [4.69, 9.17) is 18.9 Å². The number of ether oxygens (including phenoxy) is 4. The van der Waals surface area contributed by atoms with Crippen LogP contribution in [0.4, 0.5) is 0 Å². The zero-order chi connectivity index (χ0) is 13.8. The quantitative estimate of drug-likeness (QED) is 0.450. The van der Waals surface area contributed by atoms with Crippen molar-refractivity contribution >= 4 is 6.29 Å². The van der Waals surface area contributed by atoms with Crippen molar-refractivity contribution in [1.82, 2.24) is 0 Å². The summed E-state index contributed by atoms with van der Waals surface area (Å²) in [6.45, 7) is 3.25. The molecule has 19 heavy (non-hydrogen) atoms. The standard InChI is InChI=1S/C14H20O5/c1-16-6-7-17-8-9-18-10-11-19-14-4-2-13(12-15)3-5-14/h2-5,12H,6-11H2,1H3. The van der Waals surface area contributed by atoms with Crippen LogP contribution in [0, 0.1) is 0 Å². The van der Waals surface area contributed by atoms with E-state index in [9.17, 15) is 4.79 Å². The molecule has 0 amide bonds. The van der Waals surface area contributed by atoms with E-state index < -0.39 is 0 Å². The van der Waals surface area contributed by atoms with Crippen LogP contribution < -0.4 is 4.74 Å². The zero-order valence-electron chi connectivity index (χ0n) is 11.2. The highest BCUT2D eigenvalue weighted by molar-refractivity contribution is 5.74. The van der Waals surface area contributed by atoms with Crippen LogP contribution in [0.5, 0.6) is 5.75 Å². The molecule has 1 aromatic carbocycles. The minimum Gasteiger partial charge on any atom is -0.491 e. The molecule has 5 heteroatoms. The molecule has 0 aliphatic heterocycles. The van der Waals surface area contributed by atoms with Gasteiger partial charge in [-0.2, -0.15) is 0 Å². The normalized spacial score (nSPS) is 10.4. The van der Waals surface area contributed by atoms with E-state index in [0.29, 0.717) is 45.2 Å². The molecule has 0 aliphatic rings. The Morgan fingerprint density at radius 3 is 2.05 bits per heavy atom. The summed E-state index contributed by atoms with van der Waals surface area (Å²) in [5, 5.41) is 0. The first-order valence-corrected chi connectivity index (χ1v) is 6.19. The number of carbonyl (C=O) groups is 1. The largest absolute Gasteiger partial charge is 0.491 e. The number of carbonyl (C=O) groups excluding carboxylic acids is 1. The van der Waals surface area contributed by atoms with Crippen LogP contribution in [-0.2, 0) is 14.2 Å². The van der Waals surface area contributed by atoms with Gasteiger partial charge in [0, 0.05) is 12.7 Å². The zero-order valence-corrected chi connectivity index (χ0v) is 11.2. The fourth-order valence-electron chi connectivity index (χ4n) is 1.33. The topological polar surface area (TPSA) is 54.0 Å². The maximum Gasteiger partial charge on any atom is 0.150 e. The first kappa shape index (κ1) is 15.6. The molecule has 0 aliphatic carbocycles. The molecular weight excluding hydrogens is 248 g/mol. The predicted molar refractivity (Wildman–Crippen MR) is 70.8 cm³/mol. The van der Waals surface area contributed by atoms with Gasteiger partial charge in [-0.15, -0.1) is 0 Å². The maximum absolute atomic E-state index is 10.5. The van der Waals surface area contributed by atoms with Crippen LogP contribution >= 0.6 is 0 Å². The van der Waals surface area contributed by atoms with Crippen molar-refractivity contribution in [2.45, 2.75) is 0 Å². The fraction of sp³-hybridized carbons (Fsp3) is 0.500. The molecular formula is C14H20O5.